The number of carboxylic acids is 1. The Morgan fingerprint density at radius 3 is 2.30 bits per heavy atom. The van der Waals surface area contributed by atoms with Gasteiger partial charge < -0.3 is 5.11 Å². The number of sulfone groups is 1. The van der Waals surface area contributed by atoms with E-state index >= 15 is 0 Å². The highest BCUT2D eigenvalue weighted by Gasteiger charge is 2.25. The summed E-state index contributed by atoms with van der Waals surface area (Å²) >= 11 is 0. The van der Waals surface area contributed by atoms with E-state index in [9.17, 15) is 21.6 Å². The maximum absolute atomic E-state index is 12.1. The molecule has 0 spiro atoms. The van der Waals surface area contributed by atoms with E-state index in [4.69, 9.17) is 5.11 Å². The van der Waals surface area contributed by atoms with E-state index in [0.717, 1.165) is 6.26 Å². The highest BCUT2D eigenvalue weighted by atomic mass is 32.2. The first-order valence-corrected chi connectivity index (χ1v) is 10.5. The van der Waals surface area contributed by atoms with Crippen LogP contribution in [0.25, 0.3) is 0 Å². The van der Waals surface area contributed by atoms with Crippen molar-refractivity contribution in [3.63, 3.8) is 0 Å². The molecule has 0 amide bonds. The van der Waals surface area contributed by atoms with Crippen LogP contribution in [-0.4, -0.2) is 40.2 Å². The molecule has 9 heteroatoms. The first kappa shape index (κ1) is 19.6. The van der Waals surface area contributed by atoms with Crippen molar-refractivity contribution in [1.29, 1.82) is 0 Å². The molecule has 0 radical (unpaired) electrons. The minimum absolute atomic E-state index is 0.00682. The zero-order valence-corrected chi connectivity index (χ0v) is 14.8. The van der Waals surface area contributed by atoms with Crippen LogP contribution in [0.1, 0.15) is 25.8 Å². The Bertz CT molecular complexity index is 768. The molecule has 0 unspecified atom stereocenters. The maximum atomic E-state index is 12.1. The van der Waals surface area contributed by atoms with Gasteiger partial charge in [0.2, 0.25) is 10.0 Å². The Morgan fingerprint density at radius 2 is 1.83 bits per heavy atom. The molecule has 23 heavy (non-hydrogen) atoms. The van der Waals surface area contributed by atoms with Crippen LogP contribution in [0.5, 0.6) is 0 Å². The van der Waals surface area contributed by atoms with Gasteiger partial charge in [-0.2, -0.15) is 0 Å². The summed E-state index contributed by atoms with van der Waals surface area (Å²) in [6, 6.07) is 4.36. The van der Waals surface area contributed by atoms with Crippen LogP contribution >= 0.6 is 0 Å². The second-order valence-corrected chi connectivity index (χ2v) is 9.59. The molecular weight excluding hydrogens is 342 g/mol. The number of hydrogen-bond donors (Lipinski definition) is 2. The van der Waals surface area contributed by atoms with E-state index in [0.29, 0.717) is 0 Å². The van der Waals surface area contributed by atoms with E-state index in [1.807, 2.05) is 0 Å². The van der Waals surface area contributed by atoms with Crippen LogP contribution in [0.3, 0.4) is 0 Å². The lowest BCUT2D eigenvalue weighted by molar-refractivity contribution is -0.139. The van der Waals surface area contributed by atoms with Crippen molar-refractivity contribution in [3.8, 4) is 0 Å². The van der Waals surface area contributed by atoms with Crippen molar-refractivity contribution in [2.75, 3.05) is 6.26 Å². The minimum atomic E-state index is -3.91. The van der Waals surface area contributed by atoms with Gasteiger partial charge in [0, 0.05) is 6.26 Å². The average Bonchev–Trinajstić information content (AvgIpc) is 2.35. The monoisotopic (exact) mass is 363 g/mol. The molecule has 1 rings (SSSR count). The largest absolute Gasteiger partial charge is 0.480 e. The van der Waals surface area contributed by atoms with Crippen LogP contribution in [0, 0.1) is 5.92 Å². The summed E-state index contributed by atoms with van der Waals surface area (Å²) in [4.78, 5) is 11.2. The Labute approximate surface area is 136 Å². The van der Waals surface area contributed by atoms with Gasteiger partial charge in [0.15, 0.2) is 9.84 Å². The van der Waals surface area contributed by atoms with Gasteiger partial charge in [0.25, 0.3) is 0 Å². The van der Waals surface area contributed by atoms with Crippen molar-refractivity contribution in [2.45, 2.75) is 37.0 Å². The molecule has 2 N–H and O–H groups in total. The van der Waals surface area contributed by atoms with Gasteiger partial charge in [-0.3, -0.25) is 4.79 Å². The first-order chi connectivity index (χ1) is 10.4. The number of aliphatic carboxylic acids is 1. The summed E-state index contributed by atoms with van der Waals surface area (Å²) in [5.74, 6) is -1.72. The highest BCUT2D eigenvalue weighted by Crippen LogP contribution is 2.14. The number of nitrogens with one attached hydrogen (secondary N) is 1. The number of benzene rings is 1. The summed E-state index contributed by atoms with van der Waals surface area (Å²) in [6.07, 6.45) is 1.19. The van der Waals surface area contributed by atoms with Crippen molar-refractivity contribution in [1.82, 2.24) is 4.72 Å². The molecule has 0 fully saturated rings. The quantitative estimate of drug-likeness (QED) is 0.712. The minimum Gasteiger partial charge on any atom is -0.480 e. The smallest absolute Gasteiger partial charge is 0.321 e. The fourth-order valence-electron chi connectivity index (χ4n) is 2.01. The van der Waals surface area contributed by atoms with E-state index in [-0.39, 0.29) is 22.8 Å². The molecule has 1 atom stereocenters. The van der Waals surface area contributed by atoms with Crippen LogP contribution < -0.4 is 4.72 Å². The van der Waals surface area contributed by atoms with E-state index in [2.05, 4.69) is 4.72 Å². The van der Waals surface area contributed by atoms with Gasteiger partial charge in [0.1, 0.15) is 6.04 Å². The molecule has 0 saturated carbocycles. The summed E-state index contributed by atoms with van der Waals surface area (Å²) in [5, 5.41) is 9.10. The third kappa shape index (κ3) is 6.67. The summed E-state index contributed by atoms with van der Waals surface area (Å²) in [6.45, 7) is 3.58. The molecule has 130 valence electrons. The normalized spacial score (nSPS) is 13.9. The number of rotatable bonds is 8. The standard InChI is InChI=1S/C14H21NO6S2/c1-10(2)7-13(14(16)17)15-23(20,21)9-11-5-4-6-12(8-11)22(3,18)19/h4-6,8,10,13,15H,7,9H2,1-3H3,(H,16,17)/t13-/m0/s1. The average molecular weight is 363 g/mol. The summed E-state index contributed by atoms with van der Waals surface area (Å²) < 4.78 is 49.4. The van der Waals surface area contributed by atoms with E-state index in [1.54, 1.807) is 13.8 Å². The zero-order chi connectivity index (χ0) is 17.8. The molecule has 1 aromatic rings. The molecule has 0 heterocycles. The van der Waals surface area contributed by atoms with Crippen LogP contribution in [0.15, 0.2) is 29.2 Å². The van der Waals surface area contributed by atoms with Gasteiger partial charge in [-0.1, -0.05) is 26.0 Å². The maximum Gasteiger partial charge on any atom is 0.321 e. The fourth-order valence-corrected chi connectivity index (χ4v) is 4.04. The lowest BCUT2D eigenvalue weighted by Gasteiger charge is -2.16. The second kappa shape index (κ2) is 7.41. The fraction of sp³-hybridized carbons (Fsp3) is 0.500. The molecule has 0 aromatic heterocycles. The van der Waals surface area contributed by atoms with Crippen molar-refractivity contribution in [3.05, 3.63) is 29.8 Å². The van der Waals surface area contributed by atoms with E-state index in [1.165, 1.54) is 24.3 Å². The van der Waals surface area contributed by atoms with Crippen molar-refractivity contribution >= 4 is 25.8 Å². The topological polar surface area (TPSA) is 118 Å². The van der Waals surface area contributed by atoms with Crippen molar-refractivity contribution < 1.29 is 26.7 Å². The van der Waals surface area contributed by atoms with Gasteiger partial charge in [-0.25, -0.2) is 21.6 Å². The number of hydrogen-bond acceptors (Lipinski definition) is 5. The van der Waals surface area contributed by atoms with Crippen LogP contribution in [0.4, 0.5) is 0 Å². The number of sulfonamides is 1. The Balaban J connectivity index is 2.96. The third-order valence-corrected chi connectivity index (χ3v) is 5.48. The molecule has 7 nitrogen and oxygen atoms in total. The van der Waals surface area contributed by atoms with E-state index < -0.39 is 37.6 Å². The van der Waals surface area contributed by atoms with Gasteiger partial charge in [0.05, 0.1) is 10.6 Å². The molecule has 0 aliphatic carbocycles. The second-order valence-electron chi connectivity index (χ2n) is 5.82. The summed E-state index contributed by atoms with van der Waals surface area (Å²) in [7, 11) is -7.36. The molecule has 1 aromatic carbocycles. The molecule has 0 aliphatic heterocycles. The SMILES string of the molecule is CC(C)C[C@H](NS(=O)(=O)Cc1cccc(S(C)(=O)=O)c1)C(=O)O. The molecule has 0 saturated heterocycles. The predicted octanol–water partition coefficient (Wildman–Crippen LogP) is 1.01. The van der Waals surface area contributed by atoms with Gasteiger partial charge >= 0.3 is 5.97 Å². The van der Waals surface area contributed by atoms with Crippen molar-refractivity contribution in [2.24, 2.45) is 5.92 Å². The Morgan fingerprint density at radius 1 is 1.22 bits per heavy atom. The molecular formula is C14H21NO6S2. The van der Waals surface area contributed by atoms with Gasteiger partial charge in [-0.15, -0.1) is 0 Å². The highest BCUT2D eigenvalue weighted by molar-refractivity contribution is 7.90. The Hall–Kier alpha value is -1.45. The summed E-state index contributed by atoms with van der Waals surface area (Å²) in [5.41, 5.74) is 0.272. The number of carbonyl (C=O) groups is 1. The number of carboxylic acid groups (broad SMARTS) is 1. The first-order valence-electron chi connectivity index (χ1n) is 6.92. The molecule has 0 aliphatic rings. The zero-order valence-electron chi connectivity index (χ0n) is 13.2. The predicted molar refractivity (Wildman–Crippen MR) is 86.2 cm³/mol. The molecule has 0 bridgehead atoms. The van der Waals surface area contributed by atoms with Crippen LogP contribution in [0.2, 0.25) is 0 Å². The lowest BCUT2D eigenvalue weighted by Crippen LogP contribution is -2.42. The lowest BCUT2D eigenvalue weighted by atomic mass is 10.1. The third-order valence-electron chi connectivity index (χ3n) is 3.01. The van der Waals surface area contributed by atoms with Crippen LogP contribution in [-0.2, 0) is 30.4 Å². The van der Waals surface area contributed by atoms with Gasteiger partial charge in [-0.05, 0) is 30.0 Å². The Kier molecular flexibility index (Phi) is 6.32.